The molecule has 2 aromatic rings. The van der Waals surface area contributed by atoms with E-state index >= 15 is 0 Å². The molecule has 3 fully saturated rings. The van der Waals surface area contributed by atoms with Crippen molar-refractivity contribution < 1.29 is 19.1 Å². The fourth-order valence-corrected chi connectivity index (χ4v) is 6.55. The molecule has 3 unspecified atom stereocenters. The molecule has 4 aliphatic rings. The van der Waals surface area contributed by atoms with Gasteiger partial charge in [0.25, 0.3) is 0 Å². The van der Waals surface area contributed by atoms with Crippen molar-refractivity contribution in [3.05, 3.63) is 36.0 Å². The van der Waals surface area contributed by atoms with Crippen LogP contribution < -0.4 is 15.1 Å². The van der Waals surface area contributed by atoms with Crippen LogP contribution in [0, 0.1) is 5.92 Å². The molecule has 0 radical (unpaired) electrons. The molecule has 5 heterocycles. The van der Waals surface area contributed by atoms with E-state index in [2.05, 4.69) is 39.3 Å². The second-order valence-electron chi connectivity index (χ2n) is 11.5. The van der Waals surface area contributed by atoms with Crippen molar-refractivity contribution in [2.45, 2.75) is 44.3 Å². The van der Waals surface area contributed by atoms with Crippen LogP contribution in [0.25, 0.3) is 0 Å². The lowest BCUT2D eigenvalue weighted by Gasteiger charge is -2.48. The summed E-state index contributed by atoms with van der Waals surface area (Å²) in [5.41, 5.74) is 2.97. The minimum atomic E-state index is -0.711. The highest BCUT2D eigenvalue weighted by molar-refractivity contribution is 5.98. The SMILES string of the molecule is COC(=O)C1CCC2CC(N3Cc4cnc(Nc5ccc(N6CCN(C)CC6)cc5)nc4N(C)C3=O)CCN2C1=O. The van der Waals surface area contributed by atoms with E-state index < -0.39 is 11.9 Å². The molecule has 1 aromatic heterocycles. The van der Waals surface area contributed by atoms with Gasteiger partial charge in [-0.15, -0.1) is 0 Å². The number of amides is 3. The molecule has 12 heteroatoms. The fraction of sp³-hybridized carbons (Fsp3) is 0.552. The van der Waals surface area contributed by atoms with Gasteiger partial charge in [-0.25, -0.2) is 9.78 Å². The van der Waals surface area contributed by atoms with Crippen LogP contribution in [0.3, 0.4) is 0 Å². The Balaban J connectivity index is 1.10. The maximum Gasteiger partial charge on any atom is 0.325 e. The van der Waals surface area contributed by atoms with Gasteiger partial charge in [0.15, 0.2) is 0 Å². The van der Waals surface area contributed by atoms with Crippen molar-refractivity contribution in [3.8, 4) is 0 Å². The Bertz CT molecular complexity index is 1310. The van der Waals surface area contributed by atoms with Gasteiger partial charge in [0.1, 0.15) is 11.7 Å². The zero-order chi connectivity index (χ0) is 28.7. The summed E-state index contributed by atoms with van der Waals surface area (Å²) >= 11 is 0. The summed E-state index contributed by atoms with van der Waals surface area (Å²) in [5.74, 6) is -0.280. The number of piperidine rings is 2. The molecule has 3 amide bonds. The topological polar surface area (TPSA) is 114 Å². The van der Waals surface area contributed by atoms with Gasteiger partial charge in [-0.2, -0.15) is 4.98 Å². The van der Waals surface area contributed by atoms with Crippen molar-refractivity contribution in [1.29, 1.82) is 0 Å². The summed E-state index contributed by atoms with van der Waals surface area (Å²) in [5, 5.41) is 3.28. The summed E-state index contributed by atoms with van der Waals surface area (Å²) in [7, 11) is 5.21. The van der Waals surface area contributed by atoms with Gasteiger partial charge in [0, 0.05) is 75.0 Å². The third-order valence-electron chi connectivity index (χ3n) is 9.01. The monoisotopic (exact) mass is 562 g/mol. The Kier molecular flexibility index (Phi) is 7.41. The van der Waals surface area contributed by atoms with Crippen LogP contribution in [0.1, 0.15) is 31.2 Å². The van der Waals surface area contributed by atoms with Crippen LogP contribution in [0.15, 0.2) is 30.5 Å². The molecule has 1 N–H and O–H groups in total. The van der Waals surface area contributed by atoms with E-state index in [-0.39, 0.29) is 24.0 Å². The van der Waals surface area contributed by atoms with Crippen LogP contribution in [0.5, 0.6) is 0 Å². The first-order valence-corrected chi connectivity index (χ1v) is 14.4. The van der Waals surface area contributed by atoms with E-state index in [0.29, 0.717) is 44.1 Å². The number of ether oxygens (including phenoxy) is 1. The number of benzene rings is 1. The van der Waals surface area contributed by atoms with Gasteiger partial charge in [0.2, 0.25) is 11.9 Å². The number of nitrogens with zero attached hydrogens (tertiary/aromatic N) is 7. The van der Waals surface area contributed by atoms with Crippen molar-refractivity contribution in [2.75, 3.05) is 69.0 Å². The van der Waals surface area contributed by atoms with E-state index in [1.807, 2.05) is 21.9 Å². The first kappa shape index (κ1) is 27.3. The number of piperazine rings is 1. The number of methoxy groups -OCH3 is 1. The van der Waals surface area contributed by atoms with Crippen LogP contribution in [-0.2, 0) is 20.9 Å². The largest absolute Gasteiger partial charge is 0.468 e. The number of fused-ring (bicyclic) bond motifs is 2. The molecule has 0 spiro atoms. The maximum absolute atomic E-state index is 13.5. The summed E-state index contributed by atoms with van der Waals surface area (Å²) in [4.78, 5) is 57.7. The van der Waals surface area contributed by atoms with Crippen molar-refractivity contribution in [2.24, 2.45) is 5.92 Å². The molecular weight excluding hydrogens is 524 g/mol. The minimum Gasteiger partial charge on any atom is -0.468 e. The number of carbonyl (C=O) groups excluding carboxylic acids is 3. The normalized spacial score (nSPS) is 25.1. The zero-order valence-corrected chi connectivity index (χ0v) is 24.0. The number of hydrogen-bond acceptors (Lipinski definition) is 9. The smallest absolute Gasteiger partial charge is 0.325 e. The second kappa shape index (κ2) is 11.2. The summed E-state index contributed by atoms with van der Waals surface area (Å²) in [6, 6.07) is 8.20. The van der Waals surface area contributed by atoms with Crippen LogP contribution in [0.2, 0.25) is 0 Å². The molecule has 41 heavy (non-hydrogen) atoms. The Labute approximate surface area is 240 Å². The molecule has 6 rings (SSSR count). The van der Waals surface area contributed by atoms with Gasteiger partial charge in [-0.3, -0.25) is 14.5 Å². The van der Waals surface area contributed by atoms with E-state index in [4.69, 9.17) is 9.72 Å². The van der Waals surface area contributed by atoms with E-state index in [9.17, 15) is 14.4 Å². The number of carbonyl (C=O) groups is 3. The molecule has 0 aliphatic carbocycles. The zero-order valence-electron chi connectivity index (χ0n) is 24.0. The van der Waals surface area contributed by atoms with Crippen LogP contribution >= 0.6 is 0 Å². The molecule has 4 aliphatic heterocycles. The third-order valence-corrected chi connectivity index (χ3v) is 9.01. The highest BCUT2D eigenvalue weighted by Gasteiger charge is 2.45. The average Bonchev–Trinajstić information content (AvgIpc) is 2.99. The summed E-state index contributed by atoms with van der Waals surface area (Å²) in [6.07, 6.45) is 4.36. The van der Waals surface area contributed by atoms with E-state index in [0.717, 1.165) is 43.9 Å². The quantitative estimate of drug-likeness (QED) is 0.433. The summed E-state index contributed by atoms with van der Waals surface area (Å²) < 4.78 is 4.82. The van der Waals surface area contributed by atoms with Gasteiger partial charge >= 0.3 is 12.0 Å². The lowest BCUT2D eigenvalue weighted by atomic mass is 9.84. The Hall–Kier alpha value is -3.93. The molecule has 3 saturated heterocycles. The first-order valence-electron chi connectivity index (χ1n) is 14.4. The average molecular weight is 563 g/mol. The highest BCUT2D eigenvalue weighted by atomic mass is 16.5. The molecule has 1 aromatic carbocycles. The lowest BCUT2D eigenvalue weighted by Crippen LogP contribution is -2.59. The molecule has 0 bridgehead atoms. The Morgan fingerprint density at radius 2 is 1.68 bits per heavy atom. The van der Waals surface area contributed by atoms with Crippen molar-refractivity contribution in [1.82, 2.24) is 24.7 Å². The second-order valence-corrected chi connectivity index (χ2v) is 11.5. The number of rotatable bonds is 5. The van der Waals surface area contributed by atoms with Gasteiger partial charge in [0.05, 0.1) is 13.7 Å². The number of nitrogens with one attached hydrogen (secondary N) is 1. The van der Waals surface area contributed by atoms with Crippen molar-refractivity contribution in [3.63, 3.8) is 0 Å². The number of urea groups is 1. The van der Waals surface area contributed by atoms with Crippen LogP contribution in [0.4, 0.5) is 27.9 Å². The lowest BCUT2D eigenvalue weighted by molar-refractivity contribution is -0.159. The fourth-order valence-electron chi connectivity index (χ4n) is 6.55. The molecule has 218 valence electrons. The van der Waals surface area contributed by atoms with Crippen molar-refractivity contribution >= 4 is 41.0 Å². The maximum atomic E-state index is 13.5. The van der Waals surface area contributed by atoms with E-state index in [1.54, 1.807) is 18.1 Å². The highest BCUT2D eigenvalue weighted by Crippen LogP contribution is 2.36. The molecule has 12 nitrogen and oxygen atoms in total. The number of esters is 1. The number of anilines is 4. The third kappa shape index (κ3) is 5.28. The molecule has 0 saturated carbocycles. The summed E-state index contributed by atoms with van der Waals surface area (Å²) in [6.45, 7) is 5.10. The number of hydrogen-bond donors (Lipinski definition) is 1. The Morgan fingerprint density at radius 3 is 2.41 bits per heavy atom. The standard InChI is InChI=1S/C29H38N8O4/c1-33-12-14-35(15-13-33)21-6-4-20(5-7-21)31-28-30-17-19-18-37(29(40)34(2)25(19)32-28)23-10-11-36-22(16-23)8-9-24(26(36)38)27(39)41-3/h4-7,17,22-24H,8-16,18H2,1-3H3,(H,30,31,32). The molecular formula is C29H38N8O4. The number of likely N-dealkylation sites (N-methyl/N-ethyl adjacent to an activating group) is 1. The van der Waals surface area contributed by atoms with Gasteiger partial charge in [-0.05, 0) is 57.0 Å². The van der Waals surface area contributed by atoms with Gasteiger partial charge < -0.3 is 29.7 Å². The van der Waals surface area contributed by atoms with E-state index in [1.165, 1.54) is 12.8 Å². The first-order chi connectivity index (χ1) is 19.8. The van der Waals surface area contributed by atoms with Crippen LogP contribution in [-0.4, -0.2) is 109 Å². The predicted molar refractivity (Wildman–Crippen MR) is 154 cm³/mol. The predicted octanol–water partition coefficient (Wildman–Crippen LogP) is 2.29. The Morgan fingerprint density at radius 1 is 0.951 bits per heavy atom. The minimum absolute atomic E-state index is 0.00144. The van der Waals surface area contributed by atoms with Gasteiger partial charge in [-0.1, -0.05) is 0 Å². The molecule has 3 atom stereocenters. The number of aromatic nitrogens is 2.